The van der Waals surface area contributed by atoms with Crippen molar-refractivity contribution in [2.75, 3.05) is 20.2 Å². The molecule has 2 aromatic heterocycles. The summed E-state index contributed by atoms with van der Waals surface area (Å²) in [5.74, 6) is 0. The molecular formula is C15H21N3OS. The van der Waals surface area contributed by atoms with E-state index < -0.39 is 0 Å². The fourth-order valence-electron chi connectivity index (χ4n) is 2.71. The molecule has 0 N–H and O–H groups in total. The molecule has 0 radical (unpaired) electrons. The first-order valence-electron chi connectivity index (χ1n) is 7.19. The van der Waals surface area contributed by atoms with Crippen molar-refractivity contribution >= 4 is 11.3 Å². The summed E-state index contributed by atoms with van der Waals surface area (Å²) in [7, 11) is 2.16. The molecule has 3 rings (SSSR count). The monoisotopic (exact) mass is 291 g/mol. The average molecular weight is 291 g/mol. The van der Waals surface area contributed by atoms with Crippen molar-refractivity contribution in [2.24, 2.45) is 0 Å². The van der Waals surface area contributed by atoms with E-state index in [4.69, 9.17) is 4.74 Å². The van der Waals surface area contributed by atoms with Crippen molar-refractivity contribution in [2.45, 2.75) is 31.9 Å². The molecule has 2 aromatic rings. The quantitative estimate of drug-likeness (QED) is 0.848. The lowest BCUT2D eigenvalue weighted by Gasteiger charge is -2.27. The number of ether oxygens (including phenoxy) is 1. The van der Waals surface area contributed by atoms with Crippen molar-refractivity contribution < 1.29 is 4.74 Å². The molecule has 1 aliphatic heterocycles. The number of rotatable bonds is 5. The summed E-state index contributed by atoms with van der Waals surface area (Å²) in [6.45, 7) is 2.85. The number of hydrogen-bond acceptors (Lipinski definition) is 4. The van der Waals surface area contributed by atoms with E-state index in [9.17, 15) is 0 Å². The average Bonchev–Trinajstić information content (AvgIpc) is 3.10. The van der Waals surface area contributed by atoms with Crippen LogP contribution in [0.15, 0.2) is 29.9 Å². The Morgan fingerprint density at radius 2 is 2.45 bits per heavy atom. The van der Waals surface area contributed by atoms with Crippen LogP contribution in [-0.2, 0) is 11.3 Å². The predicted octanol–water partition coefficient (Wildman–Crippen LogP) is 2.93. The molecule has 1 atom stereocenters. The van der Waals surface area contributed by atoms with Gasteiger partial charge in [0.1, 0.15) is 0 Å². The van der Waals surface area contributed by atoms with Crippen molar-refractivity contribution in [3.05, 3.63) is 35.6 Å². The molecule has 1 fully saturated rings. The van der Waals surface area contributed by atoms with E-state index in [0.717, 1.165) is 24.8 Å². The third-order valence-corrected chi connectivity index (χ3v) is 4.45. The van der Waals surface area contributed by atoms with Crippen LogP contribution in [0.5, 0.6) is 0 Å². The normalized spacial score (nSPS) is 19.6. The number of likely N-dealkylation sites (N-methyl/N-ethyl adjacent to an activating group) is 1. The van der Waals surface area contributed by atoms with Gasteiger partial charge < -0.3 is 4.74 Å². The van der Waals surface area contributed by atoms with Crippen LogP contribution >= 0.6 is 11.3 Å². The first kappa shape index (κ1) is 13.8. The fraction of sp³-hybridized carbons (Fsp3) is 0.533. The summed E-state index contributed by atoms with van der Waals surface area (Å²) < 4.78 is 7.98. The highest BCUT2D eigenvalue weighted by Gasteiger charge is 2.16. The summed E-state index contributed by atoms with van der Waals surface area (Å²) in [4.78, 5) is 6.72. The van der Waals surface area contributed by atoms with Crippen LogP contribution in [0, 0.1) is 0 Å². The Kier molecular flexibility index (Phi) is 4.50. The number of thiazole rings is 1. The standard InChI is InChI=1S/C15H21N3OS/c1-17(12-14-6-2-3-9-19-14)11-13-5-4-8-18(13)15-16-7-10-20-15/h4-5,7-8,10,14H,2-3,6,9,11-12H2,1H3/t14-/m1/s1. The summed E-state index contributed by atoms with van der Waals surface area (Å²) in [6.07, 6.45) is 8.04. The van der Waals surface area contributed by atoms with Crippen LogP contribution in [0.1, 0.15) is 25.0 Å². The van der Waals surface area contributed by atoms with Gasteiger partial charge in [-0.2, -0.15) is 0 Å². The highest BCUT2D eigenvalue weighted by atomic mass is 32.1. The molecule has 0 saturated carbocycles. The Labute approximate surface area is 124 Å². The lowest BCUT2D eigenvalue weighted by Crippen LogP contribution is -2.33. The minimum Gasteiger partial charge on any atom is -0.377 e. The second-order valence-electron chi connectivity index (χ2n) is 5.37. The molecule has 0 unspecified atom stereocenters. The summed E-state index contributed by atoms with van der Waals surface area (Å²) in [6, 6.07) is 4.25. The van der Waals surface area contributed by atoms with Gasteiger partial charge in [0, 0.05) is 43.2 Å². The minimum atomic E-state index is 0.400. The molecular weight excluding hydrogens is 270 g/mol. The number of nitrogens with zero attached hydrogens (tertiary/aromatic N) is 3. The molecule has 3 heterocycles. The van der Waals surface area contributed by atoms with E-state index >= 15 is 0 Å². The molecule has 20 heavy (non-hydrogen) atoms. The molecule has 0 aromatic carbocycles. The maximum Gasteiger partial charge on any atom is 0.193 e. The second-order valence-corrected chi connectivity index (χ2v) is 6.24. The Morgan fingerprint density at radius 3 is 3.20 bits per heavy atom. The zero-order valence-electron chi connectivity index (χ0n) is 11.9. The van der Waals surface area contributed by atoms with Crippen LogP contribution in [0.2, 0.25) is 0 Å². The van der Waals surface area contributed by atoms with Gasteiger partial charge in [-0.25, -0.2) is 4.98 Å². The van der Waals surface area contributed by atoms with Gasteiger partial charge in [-0.15, -0.1) is 11.3 Å². The van der Waals surface area contributed by atoms with Crippen molar-refractivity contribution in [3.8, 4) is 5.13 Å². The molecule has 0 amide bonds. The van der Waals surface area contributed by atoms with Gasteiger partial charge in [-0.1, -0.05) is 0 Å². The molecule has 1 aliphatic rings. The third kappa shape index (κ3) is 3.29. The molecule has 108 valence electrons. The van der Waals surface area contributed by atoms with Crippen molar-refractivity contribution in [3.63, 3.8) is 0 Å². The molecule has 1 saturated heterocycles. The van der Waals surface area contributed by atoms with E-state index in [-0.39, 0.29) is 0 Å². The minimum absolute atomic E-state index is 0.400. The van der Waals surface area contributed by atoms with Crippen LogP contribution in [0.4, 0.5) is 0 Å². The first-order chi connectivity index (χ1) is 9.83. The second kappa shape index (κ2) is 6.52. The Hall–Kier alpha value is -1.17. The van der Waals surface area contributed by atoms with E-state index in [1.165, 1.54) is 25.0 Å². The van der Waals surface area contributed by atoms with Gasteiger partial charge >= 0.3 is 0 Å². The van der Waals surface area contributed by atoms with E-state index in [1.807, 2.05) is 11.6 Å². The third-order valence-electron chi connectivity index (χ3n) is 3.68. The Balaban J connectivity index is 1.61. The van der Waals surface area contributed by atoms with E-state index in [1.54, 1.807) is 11.3 Å². The molecule has 5 heteroatoms. The van der Waals surface area contributed by atoms with Crippen molar-refractivity contribution in [1.82, 2.24) is 14.5 Å². The van der Waals surface area contributed by atoms with Crippen LogP contribution in [0.3, 0.4) is 0 Å². The smallest absolute Gasteiger partial charge is 0.193 e. The van der Waals surface area contributed by atoms with Gasteiger partial charge in [-0.05, 0) is 38.4 Å². The van der Waals surface area contributed by atoms with Crippen LogP contribution in [-0.4, -0.2) is 40.8 Å². The molecule has 0 bridgehead atoms. The Morgan fingerprint density at radius 1 is 1.50 bits per heavy atom. The van der Waals surface area contributed by atoms with Gasteiger partial charge in [-0.3, -0.25) is 9.47 Å². The number of hydrogen-bond donors (Lipinski definition) is 0. The van der Waals surface area contributed by atoms with Crippen molar-refractivity contribution in [1.29, 1.82) is 0 Å². The summed E-state index contributed by atoms with van der Waals surface area (Å²) in [5, 5.41) is 3.05. The highest BCUT2D eigenvalue weighted by Crippen LogP contribution is 2.18. The zero-order chi connectivity index (χ0) is 13.8. The zero-order valence-corrected chi connectivity index (χ0v) is 12.7. The molecule has 0 aliphatic carbocycles. The topological polar surface area (TPSA) is 30.3 Å². The van der Waals surface area contributed by atoms with E-state index in [0.29, 0.717) is 6.10 Å². The SMILES string of the molecule is CN(Cc1cccn1-c1nccs1)C[C@H]1CCCCO1. The molecule has 4 nitrogen and oxygen atoms in total. The van der Waals surface area contributed by atoms with Gasteiger partial charge in [0.2, 0.25) is 0 Å². The van der Waals surface area contributed by atoms with Gasteiger partial charge in [0.15, 0.2) is 5.13 Å². The van der Waals surface area contributed by atoms with E-state index in [2.05, 4.69) is 39.8 Å². The number of aromatic nitrogens is 2. The van der Waals surface area contributed by atoms with Gasteiger partial charge in [0.05, 0.1) is 6.10 Å². The maximum atomic E-state index is 5.81. The van der Waals surface area contributed by atoms with Crippen LogP contribution in [0.25, 0.3) is 5.13 Å². The summed E-state index contributed by atoms with van der Waals surface area (Å²) >= 11 is 1.67. The Bertz CT molecular complexity index is 517. The maximum absolute atomic E-state index is 5.81. The largest absolute Gasteiger partial charge is 0.377 e. The molecule has 0 spiro atoms. The lowest BCUT2D eigenvalue weighted by atomic mass is 10.1. The van der Waals surface area contributed by atoms with Crippen LogP contribution < -0.4 is 0 Å². The lowest BCUT2D eigenvalue weighted by molar-refractivity contribution is -0.00280. The fourth-order valence-corrected chi connectivity index (χ4v) is 3.36. The summed E-state index contributed by atoms with van der Waals surface area (Å²) in [5.41, 5.74) is 1.28. The van der Waals surface area contributed by atoms with Gasteiger partial charge in [0.25, 0.3) is 0 Å². The first-order valence-corrected chi connectivity index (χ1v) is 8.07. The predicted molar refractivity (Wildman–Crippen MR) is 81.4 cm³/mol. The highest BCUT2D eigenvalue weighted by molar-refractivity contribution is 7.12.